The number of aromatic nitrogens is 3. The summed E-state index contributed by atoms with van der Waals surface area (Å²) in [6.45, 7) is 1.40. The molecule has 38 heavy (non-hydrogen) atoms. The van der Waals surface area contributed by atoms with E-state index in [2.05, 4.69) is 15.3 Å². The number of hydrogen-bond acceptors (Lipinski definition) is 8. The van der Waals surface area contributed by atoms with Crippen LogP contribution in [0.2, 0.25) is 0 Å². The molecule has 9 nitrogen and oxygen atoms in total. The molecule has 2 aromatic carbocycles. The van der Waals surface area contributed by atoms with Crippen molar-refractivity contribution in [3.05, 3.63) is 96.6 Å². The van der Waals surface area contributed by atoms with E-state index >= 15 is 0 Å². The molecule has 186 valence electrons. The number of carbonyl (C=O) groups excluding carboxylic acids is 2. The van der Waals surface area contributed by atoms with Gasteiger partial charge in [-0.25, -0.2) is 14.8 Å². The Morgan fingerprint density at radius 1 is 0.789 bits per heavy atom. The predicted molar refractivity (Wildman–Crippen MR) is 140 cm³/mol. The zero-order valence-electron chi connectivity index (χ0n) is 20.2. The van der Waals surface area contributed by atoms with Crippen molar-refractivity contribution in [1.29, 1.82) is 0 Å². The topological polar surface area (TPSA) is 120 Å². The number of ether oxygens (including phenoxy) is 1. The van der Waals surface area contributed by atoms with Crippen LogP contribution >= 0.6 is 0 Å². The standard InChI is InChI=1S/C29H20N4O5/c1-17-14-22(19-6-2-3-7-20(19)30-17)31-26(34)16-38-29(35)18-10-11-21-23(15-18)33-28(25-9-5-13-37-25)27(32-21)24-8-4-12-36-24/h2-15H,16H2,1H3,(H,30,31,34). The van der Waals surface area contributed by atoms with E-state index in [1.165, 1.54) is 0 Å². The Labute approximate surface area is 216 Å². The molecule has 0 bridgehead atoms. The van der Waals surface area contributed by atoms with Crippen LogP contribution in [0.4, 0.5) is 5.69 Å². The van der Waals surface area contributed by atoms with Crippen LogP contribution in [0.3, 0.4) is 0 Å². The van der Waals surface area contributed by atoms with Crippen LogP contribution < -0.4 is 5.32 Å². The molecule has 0 aliphatic carbocycles. The Hall–Kier alpha value is -5.31. The lowest BCUT2D eigenvalue weighted by molar-refractivity contribution is -0.119. The van der Waals surface area contributed by atoms with Crippen molar-refractivity contribution in [1.82, 2.24) is 15.0 Å². The maximum atomic E-state index is 12.8. The average Bonchev–Trinajstić information content (AvgIpc) is 3.66. The van der Waals surface area contributed by atoms with Crippen molar-refractivity contribution in [3.63, 3.8) is 0 Å². The highest BCUT2D eigenvalue weighted by Crippen LogP contribution is 2.31. The molecule has 6 rings (SSSR count). The number of furan rings is 2. The van der Waals surface area contributed by atoms with Gasteiger partial charge in [-0.1, -0.05) is 18.2 Å². The molecule has 1 N–H and O–H groups in total. The molecular weight excluding hydrogens is 484 g/mol. The fraction of sp³-hybridized carbons (Fsp3) is 0.0690. The van der Waals surface area contributed by atoms with Crippen molar-refractivity contribution in [2.45, 2.75) is 6.92 Å². The molecule has 9 heteroatoms. The number of para-hydroxylation sites is 1. The van der Waals surface area contributed by atoms with Gasteiger partial charge >= 0.3 is 5.97 Å². The minimum Gasteiger partial charge on any atom is -0.463 e. The number of nitrogens with zero attached hydrogens (tertiary/aromatic N) is 3. The second-order valence-electron chi connectivity index (χ2n) is 8.53. The molecule has 6 aromatic rings. The fourth-order valence-corrected chi connectivity index (χ4v) is 4.16. The third-order valence-corrected chi connectivity index (χ3v) is 5.86. The molecule has 0 radical (unpaired) electrons. The number of nitrogens with one attached hydrogen (secondary N) is 1. The van der Waals surface area contributed by atoms with Crippen LogP contribution in [0.5, 0.6) is 0 Å². The lowest BCUT2D eigenvalue weighted by Crippen LogP contribution is -2.21. The minimum absolute atomic E-state index is 0.237. The number of hydrogen-bond donors (Lipinski definition) is 1. The van der Waals surface area contributed by atoms with Gasteiger partial charge in [0.15, 0.2) is 18.1 Å². The maximum absolute atomic E-state index is 12.8. The number of anilines is 1. The first-order chi connectivity index (χ1) is 18.5. The summed E-state index contributed by atoms with van der Waals surface area (Å²) < 4.78 is 16.4. The van der Waals surface area contributed by atoms with Crippen molar-refractivity contribution in [2.75, 3.05) is 11.9 Å². The van der Waals surface area contributed by atoms with Crippen LogP contribution in [-0.2, 0) is 9.53 Å². The van der Waals surface area contributed by atoms with Crippen molar-refractivity contribution in [2.24, 2.45) is 0 Å². The van der Waals surface area contributed by atoms with Crippen LogP contribution in [-0.4, -0.2) is 33.4 Å². The summed E-state index contributed by atoms with van der Waals surface area (Å²) in [7, 11) is 0. The Morgan fingerprint density at radius 2 is 1.50 bits per heavy atom. The number of fused-ring (bicyclic) bond motifs is 2. The quantitative estimate of drug-likeness (QED) is 0.283. The molecule has 0 spiro atoms. The first kappa shape index (κ1) is 23.1. The van der Waals surface area contributed by atoms with Gasteiger partial charge in [0.1, 0.15) is 11.4 Å². The number of rotatable bonds is 6. The SMILES string of the molecule is Cc1cc(NC(=O)COC(=O)c2ccc3nc(-c4ccco4)c(-c4ccco4)nc3c2)c2ccccc2n1. The Balaban J connectivity index is 1.22. The molecule has 4 heterocycles. The first-order valence-corrected chi connectivity index (χ1v) is 11.8. The summed E-state index contributed by atoms with van der Waals surface area (Å²) in [6.07, 6.45) is 3.10. The summed E-state index contributed by atoms with van der Waals surface area (Å²) in [4.78, 5) is 39.2. The first-order valence-electron chi connectivity index (χ1n) is 11.8. The number of pyridine rings is 1. The van der Waals surface area contributed by atoms with Crippen molar-refractivity contribution >= 4 is 39.5 Å². The molecule has 0 saturated heterocycles. The monoisotopic (exact) mass is 504 g/mol. The molecule has 1 amide bonds. The van der Waals surface area contributed by atoms with Gasteiger partial charge in [-0.15, -0.1) is 0 Å². The van der Waals surface area contributed by atoms with Gasteiger partial charge in [0.2, 0.25) is 0 Å². The van der Waals surface area contributed by atoms with E-state index < -0.39 is 18.5 Å². The second-order valence-corrected chi connectivity index (χ2v) is 8.53. The van der Waals surface area contributed by atoms with E-state index in [0.29, 0.717) is 39.6 Å². The average molecular weight is 505 g/mol. The largest absolute Gasteiger partial charge is 0.463 e. The molecular formula is C29H20N4O5. The third-order valence-electron chi connectivity index (χ3n) is 5.86. The van der Waals surface area contributed by atoms with Crippen LogP contribution in [0, 0.1) is 6.92 Å². The number of benzene rings is 2. The number of amides is 1. The van der Waals surface area contributed by atoms with Gasteiger partial charge in [0, 0.05) is 11.1 Å². The smallest absolute Gasteiger partial charge is 0.338 e. The molecule has 0 aliphatic rings. The molecule has 4 aromatic heterocycles. The summed E-state index contributed by atoms with van der Waals surface area (Å²) in [6, 6.07) is 21.2. The number of carbonyl (C=O) groups is 2. The third kappa shape index (κ3) is 4.48. The lowest BCUT2D eigenvalue weighted by atomic mass is 10.1. The normalized spacial score (nSPS) is 11.1. The van der Waals surface area contributed by atoms with E-state index in [9.17, 15) is 9.59 Å². The summed E-state index contributed by atoms with van der Waals surface area (Å²) >= 11 is 0. The highest BCUT2D eigenvalue weighted by atomic mass is 16.5. The minimum atomic E-state index is -0.658. The zero-order valence-corrected chi connectivity index (χ0v) is 20.2. The van der Waals surface area contributed by atoms with Crippen LogP contribution in [0.15, 0.2) is 94.2 Å². The Bertz CT molecular complexity index is 1790. The second kappa shape index (κ2) is 9.62. The maximum Gasteiger partial charge on any atom is 0.338 e. The van der Waals surface area contributed by atoms with E-state index in [4.69, 9.17) is 18.6 Å². The predicted octanol–water partition coefficient (Wildman–Crippen LogP) is 5.80. The van der Waals surface area contributed by atoms with E-state index in [1.54, 1.807) is 61.1 Å². The van der Waals surface area contributed by atoms with Gasteiger partial charge in [-0.2, -0.15) is 0 Å². The highest BCUT2D eigenvalue weighted by Gasteiger charge is 2.19. The van der Waals surface area contributed by atoms with E-state index in [-0.39, 0.29) is 5.56 Å². The van der Waals surface area contributed by atoms with Crippen LogP contribution in [0.1, 0.15) is 16.1 Å². The zero-order chi connectivity index (χ0) is 26.1. The van der Waals surface area contributed by atoms with Crippen LogP contribution in [0.25, 0.3) is 44.8 Å². The summed E-state index contributed by atoms with van der Waals surface area (Å²) in [5.74, 6) is -0.0704. The summed E-state index contributed by atoms with van der Waals surface area (Å²) in [5, 5.41) is 3.61. The van der Waals surface area contributed by atoms with Gasteiger partial charge in [-0.05, 0) is 61.5 Å². The summed E-state index contributed by atoms with van der Waals surface area (Å²) in [5.41, 5.74) is 4.38. The molecule has 0 saturated carbocycles. The fourth-order valence-electron chi connectivity index (χ4n) is 4.16. The Morgan fingerprint density at radius 3 is 2.21 bits per heavy atom. The number of esters is 1. The van der Waals surface area contributed by atoms with Crippen molar-refractivity contribution < 1.29 is 23.2 Å². The molecule has 0 unspecified atom stereocenters. The Kier molecular flexibility index (Phi) is 5.85. The lowest BCUT2D eigenvalue weighted by Gasteiger charge is -2.11. The highest BCUT2D eigenvalue weighted by molar-refractivity contribution is 6.02. The molecule has 0 atom stereocenters. The number of aryl methyl sites for hydroxylation is 1. The van der Waals surface area contributed by atoms with E-state index in [0.717, 1.165) is 16.6 Å². The molecule has 0 fully saturated rings. The molecule has 0 aliphatic heterocycles. The van der Waals surface area contributed by atoms with Gasteiger partial charge < -0.3 is 18.9 Å². The van der Waals surface area contributed by atoms with Gasteiger partial charge in [-0.3, -0.25) is 9.78 Å². The van der Waals surface area contributed by atoms with Crippen molar-refractivity contribution in [3.8, 4) is 22.9 Å². The van der Waals surface area contributed by atoms with E-state index in [1.807, 2.05) is 31.2 Å². The van der Waals surface area contributed by atoms with Gasteiger partial charge in [0.05, 0.1) is 40.3 Å². The van der Waals surface area contributed by atoms with Gasteiger partial charge in [0.25, 0.3) is 5.91 Å².